The predicted molar refractivity (Wildman–Crippen MR) is 135 cm³/mol. The van der Waals surface area contributed by atoms with Crippen LogP contribution in [-0.4, -0.2) is 39.2 Å². The number of amides is 1. The van der Waals surface area contributed by atoms with Crippen LogP contribution in [0.1, 0.15) is 58.1 Å². The van der Waals surface area contributed by atoms with E-state index in [2.05, 4.69) is 4.98 Å². The summed E-state index contributed by atoms with van der Waals surface area (Å²) < 4.78 is 40.8. The van der Waals surface area contributed by atoms with Gasteiger partial charge in [0.2, 0.25) is 0 Å². The summed E-state index contributed by atoms with van der Waals surface area (Å²) >= 11 is 0. The molecule has 1 saturated heterocycles. The molecule has 2 heterocycles. The number of aromatic nitrogens is 2. The highest BCUT2D eigenvalue weighted by Gasteiger charge is 2.47. The van der Waals surface area contributed by atoms with Crippen LogP contribution in [0.2, 0.25) is 0 Å². The first-order valence-corrected chi connectivity index (χ1v) is 12.5. The van der Waals surface area contributed by atoms with E-state index < -0.39 is 28.5 Å². The van der Waals surface area contributed by atoms with E-state index in [1.807, 2.05) is 20.8 Å². The van der Waals surface area contributed by atoms with Crippen LogP contribution in [0.25, 0.3) is 10.9 Å². The molecule has 0 atom stereocenters. The van der Waals surface area contributed by atoms with Crippen LogP contribution in [0.15, 0.2) is 41.5 Å². The number of hydrogen-bond donors (Lipinski definition) is 0. The molecular formula is C28H28F2N4O4. The Labute approximate surface area is 218 Å². The van der Waals surface area contributed by atoms with Crippen LogP contribution in [0, 0.1) is 28.4 Å². The standard InChI is InChI=1S/C28H28F2N4O4/c1-27(2,3)38-26(36)33-10-8-28(9-11-33)13-17(14-28)34-16-32-23-7-4-18(12-19(23)25(34)35)37-24-20(15-31)21(29)5-6-22(24)30/h4-7,12,16-17H,8-11,13-14H2,1-3H3. The fourth-order valence-electron chi connectivity index (χ4n) is 5.33. The van der Waals surface area contributed by atoms with Gasteiger partial charge in [0.05, 0.1) is 17.2 Å². The third kappa shape index (κ3) is 4.80. The number of fused-ring (bicyclic) bond motifs is 1. The Morgan fingerprint density at radius 2 is 1.82 bits per heavy atom. The largest absolute Gasteiger partial charge is 0.453 e. The summed E-state index contributed by atoms with van der Waals surface area (Å²) in [6, 6.07) is 7.81. The smallest absolute Gasteiger partial charge is 0.410 e. The second-order valence-electron chi connectivity index (χ2n) is 11.1. The van der Waals surface area contributed by atoms with Gasteiger partial charge in [-0.3, -0.25) is 9.36 Å². The molecule has 1 aliphatic heterocycles. The highest BCUT2D eigenvalue weighted by atomic mass is 19.1. The third-order valence-corrected chi connectivity index (χ3v) is 7.35. The number of benzene rings is 2. The minimum Gasteiger partial charge on any atom is -0.453 e. The van der Waals surface area contributed by atoms with Gasteiger partial charge in [0.15, 0.2) is 11.6 Å². The van der Waals surface area contributed by atoms with Crippen LogP contribution < -0.4 is 10.3 Å². The summed E-state index contributed by atoms with van der Waals surface area (Å²) in [5.74, 6) is -2.22. The molecular weight excluding hydrogens is 494 g/mol. The molecule has 5 rings (SSSR count). The predicted octanol–water partition coefficient (Wildman–Crippen LogP) is 5.69. The first-order chi connectivity index (χ1) is 18.0. The van der Waals surface area contributed by atoms with Crippen molar-refractivity contribution in [2.75, 3.05) is 13.1 Å². The van der Waals surface area contributed by atoms with Gasteiger partial charge in [0, 0.05) is 19.1 Å². The van der Waals surface area contributed by atoms with Crippen molar-refractivity contribution >= 4 is 17.0 Å². The number of ether oxygens (including phenoxy) is 2. The monoisotopic (exact) mass is 522 g/mol. The van der Waals surface area contributed by atoms with Gasteiger partial charge in [-0.25, -0.2) is 18.6 Å². The molecule has 2 aliphatic rings. The molecule has 1 spiro atoms. The van der Waals surface area contributed by atoms with E-state index in [0.717, 1.165) is 37.8 Å². The van der Waals surface area contributed by atoms with Gasteiger partial charge in [-0.05, 0) is 82.2 Å². The quantitative estimate of drug-likeness (QED) is 0.438. The Morgan fingerprint density at radius 3 is 2.47 bits per heavy atom. The van der Waals surface area contributed by atoms with E-state index in [9.17, 15) is 23.6 Å². The maximum atomic E-state index is 14.3. The number of carbonyl (C=O) groups is 1. The summed E-state index contributed by atoms with van der Waals surface area (Å²) in [4.78, 5) is 31.9. The Balaban J connectivity index is 1.31. The number of hydrogen-bond acceptors (Lipinski definition) is 6. The molecule has 38 heavy (non-hydrogen) atoms. The van der Waals surface area contributed by atoms with Gasteiger partial charge in [-0.2, -0.15) is 5.26 Å². The maximum absolute atomic E-state index is 14.3. The second kappa shape index (κ2) is 9.39. The van der Waals surface area contributed by atoms with E-state index in [4.69, 9.17) is 9.47 Å². The Hall–Kier alpha value is -4.00. The zero-order valence-corrected chi connectivity index (χ0v) is 21.5. The molecule has 0 radical (unpaired) electrons. The lowest BCUT2D eigenvalue weighted by molar-refractivity contribution is -0.0241. The van der Waals surface area contributed by atoms with Gasteiger partial charge >= 0.3 is 6.09 Å². The second-order valence-corrected chi connectivity index (χ2v) is 11.1. The third-order valence-electron chi connectivity index (χ3n) is 7.35. The van der Waals surface area contributed by atoms with E-state index in [1.54, 1.807) is 27.9 Å². The topological polar surface area (TPSA) is 97.4 Å². The van der Waals surface area contributed by atoms with Crippen molar-refractivity contribution in [1.29, 1.82) is 5.26 Å². The van der Waals surface area contributed by atoms with Gasteiger partial charge in [-0.1, -0.05) is 0 Å². The van der Waals surface area contributed by atoms with Crippen molar-refractivity contribution in [2.45, 2.75) is 58.1 Å². The van der Waals surface area contributed by atoms with Gasteiger partial charge in [0.1, 0.15) is 28.8 Å². The van der Waals surface area contributed by atoms with Crippen LogP contribution in [-0.2, 0) is 4.74 Å². The first-order valence-electron chi connectivity index (χ1n) is 12.5. The molecule has 1 aliphatic carbocycles. The van der Waals surface area contributed by atoms with Crippen molar-refractivity contribution in [3.63, 3.8) is 0 Å². The summed E-state index contributed by atoms with van der Waals surface area (Å²) in [5.41, 5.74) is -0.825. The molecule has 10 heteroatoms. The van der Waals surface area contributed by atoms with Gasteiger partial charge in [0.25, 0.3) is 5.56 Å². The summed E-state index contributed by atoms with van der Waals surface area (Å²) in [7, 11) is 0. The molecule has 2 aromatic carbocycles. The van der Waals surface area contributed by atoms with Crippen molar-refractivity contribution in [3.05, 3.63) is 64.2 Å². The molecule has 198 valence electrons. The lowest BCUT2D eigenvalue weighted by atomic mass is 9.60. The lowest BCUT2D eigenvalue weighted by Crippen LogP contribution is -2.51. The fraction of sp³-hybridized carbons (Fsp3) is 0.429. The molecule has 0 unspecified atom stereocenters. The molecule has 2 fully saturated rings. The number of halogens is 2. The average molecular weight is 523 g/mol. The number of rotatable bonds is 3. The highest BCUT2D eigenvalue weighted by Crippen LogP contribution is 2.54. The minimum absolute atomic E-state index is 0.0251. The molecule has 3 aromatic rings. The molecule has 1 saturated carbocycles. The summed E-state index contributed by atoms with van der Waals surface area (Å²) in [6.45, 7) is 6.78. The number of nitrogens with zero attached hydrogens (tertiary/aromatic N) is 4. The van der Waals surface area contributed by atoms with Crippen LogP contribution >= 0.6 is 0 Å². The number of piperidine rings is 1. The summed E-state index contributed by atoms with van der Waals surface area (Å²) in [6.07, 6.45) is 4.54. The lowest BCUT2D eigenvalue weighted by Gasteiger charge is -2.52. The van der Waals surface area contributed by atoms with Crippen LogP contribution in [0.3, 0.4) is 0 Å². The minimum atomic E-state index is -0.899. The van der Waals surface area contributed by atoms with E-state index >= 15 is 0 Å². The first kappa shape index (κ1) is 25.6. The van der Waals surface area contributed by atoms with E-state index in [-0.39, 0.29) is 34.2 Å². The fourth-order valence-corrected chi connectivity index (χ4v) is 5.33. The van der Waals surface area contributed by atoms with Gasteiger partial charge in [-0.15, -0.1) is 0 Å². The molecule has 1 aromatic heterocycles. The zero-order valence-electron chi connectivity index (χ0n) is 21.5. The normalized spacial score (nSPS) is 17.2. The molecule has 0 bridgehead atoms. The van der Waals surface area contributed by atoms with E-state index in [1.165, 1.54) is 12.1 Å². The molecule has 8 nitrogen and oxygen atoms in total. The average Bonchev–Trinajstić information content (AvgIpc) is 2.85. The SMILES string of the molecule is CC(C)(C)OC(=O)N1CCC2(CC1)CC(n1cnc3ccc(Oc4c(F)ccc(F)c4C#N)cc3c1=O)C2. The van der Waals surface area contributed by atoms with Crippen LogP contribution in [0.5, 0.6) is 11.5 Å². The Morgan fingerprint density at radius 1 is 1.13 bits per heavy atom. The maximum Gasteiger partial charge on any atom is 0.410 e. The zero-order chi connectivity index (χ0) is 27.2. The Kier molecular flexibility index (Phi) is 6.33. The van der Waals surface area contributed by atoms with Crippen molar-refractivity contribution < 1.29 is 23.0 Å². The molecule has 0 N–H and O–H groups in total. The van der Waals surface area contributed by atoms with Gasteiger partial charge < -0.3 is 14.4 Å². The molecule has 1 amide bonds. The van der Waals surface area contributed by atoms with Crippen LogP contribution in [0.4, 0.5) is 13.6 Å². The van der Waals surface area contributed by atoms with Crippen molar-refractivity contribution in [2.24, 2.45) is 5.41 Å². The number of nitriles is 1. The van der Waals surface area contributed by atoms with Crippen molar-refractivity contribution in [3.8, 4) is 17.6 Å². The summed E-state index contributed by atoms with van der Waals surface area (Å²) in [5, 5.41) is 9.49. The number of likely N-dealkylation sites (tertiary alicyclic amines) is 1. The highest BCUT2D eigenvalue weighted by molar-refractivity contribution is 5.79. The van der Waals surface area contributed by atoms with Crippen molar-refractivity contribution in [1.82, 2.24) is 14.5 Å². The van der Waals surface area contributed by atoms with E-state index in [0.29, 0.717) is 18.6 Å². The number of carbonyl (C=O) groups excluding carboxylic acids is 1. The Bertz CT molecular complexity index is 1510.